The normalized spacial score (nSPS) is 11.3. The van der Waals surface area contributed by atoms with Crippen LogP contribution in [0.3, 0.4) is 0 Å². The highest BCUT2D eigenvalue weighted by Gasteiger charge is 2.20. The molecule has 3 rings (SSSR count). The van der Waals surface area contributed by atoms with Gasteiger partial charge in [0.25, 0.3) is 0 Å². The number of hydrogen-bond acceptors (Lipinski definition) is 7. The van der Waals surface area contributed by atoms with E-state index in [1.165, 1.54) is 13.2 Å². The lowest BCUT2D eigenvalue weighted by Gasteiger charge is -2.19. The molecule has 0 aromatic heterocycles. The van der Waals surface area contributed by atoms with E-state index in [0.717, 1.165) is 5.56 Å². The van der Waals surface area contributed by atoms with Gasteiger partial charge in [-0.1, -0.05) is 30.3 Å². The van der Waals surface area contributed by atoms with Crippen LogP contribution in [0.4, 0.5) is 0 Å². The Labute approximate surface area is 198 Å². The van der Waals surface area contributed by atoms with Crippen LogP contribution in [0.15, 0.2) is 71.5 Å². The Kier molecular flexibility index (Phi) is 8.51. The topological polar surface area (TPSA) is 80.3 Å². The predicted molar refractivity (Wildman–Crippen MR) is 128 cm³/mol. The summed E-state index contributed by atoms with van der Waals surface area (Å²) in [6, 6.07) is 18.9. The largest absolute Gasteiger partial charge is 0.493 e. The number of ether oxygens (including phenoxy) is 5. The monoisotopic (exact) mass is 464 g/mol. The number of carbonyl (C=O) groups is 1. The molecular weight excluding hydrogens is 436 g/mol. The molecule has 0 heterocycles. The first kappa shape index (κ1) is 24.6. The van der Waals surface area contributed by atoms with E-state index in [1.54, 1.807) is 63.8 Å². The second-order valence-electron chi connectivity index (χ2n) is 7.43. The number of rotatable bonds is 10. The molecule has 0 aliphatic heterocycles. The lowest BCUT2D eigenvalue weighted by Crippen LogP contribution is -2.14. The van der Waals surface area contributed by atoms with E-state index in [0.29, 0.717) is 41.2 Å². The van der Waals surface area contributed by atoms with Gasteiger partial charge in [-0.25, -0.2) is 4.79 Å². The highest BCUT2D eigenvalue weighted by molar-refractivity contribution is 5.89. The maximum absolute atomic E-state index is 12.8. The van der Waals surface area contributed by atoms with Crippen molar-refractivity contribution in [1.82, 2.24) is 0 Å². The molecule has 0 aliphatic carbocycles. The van der Waals surface area contributed by atoms with Gasteiger partial charge in [0.1, 0.15) is 6.10 Å². The Morgan fingerprint density at radius 3 is 2.00 bits per heavy atom. The van der Waals surface area contributed by atoms with Gasteiger partial charge in [-0.2, -0.15) is 0 Å². The molecule has 7 heteroatoms. The Hall–Kier alpha value is -4.00. The molecular formula is C27H28O7. The molecule has 178 valence electrons. The van der Waals surface area contributed by atoms with Crippen LogP contribution in [0, 0.1) is 0 Å². The molecule has 0 saturated heterocycles. The molecule has 0 spiro atoms. The summed E-state index contributed by atoms with van der Waals surface area (Å²) in [5.74, 6) is 1.31. The van der Waals surface area contributed by atoms with Crippen LogP contribution in [0.1, 0.15) is 34.0 Å². The predicted octanol–water partition coefficient (Wildman–Crippen LogP) is 4.61. The molecule has 0 aliphatic rings. The summed E-state index contributed by atoms with van der Waals surface area (Å²) in [5, 5.41) is 0. The summed E-state index contributed by atoms with van der Waals surface area (Å²) in [6.07, 6.45) is 0.271. The first-order valence-corrected chi connectivity index (χ1v) is 10.7. The Balaban J connectivity index is 1.93. The van der Waals surface area contributed by atoms with Crippen LogP contribution in [0.2, 0.25) is 0 Å². The first-order chi connectivity index (χ1) is 16.5. The number of hydrogen-bond donors (Lipinski definition) is 0. The molecule has 0 saturated carbocycles. The number of esters is 1. The van der Waals surface area contributed by atoms with E-state index >= 15 is 0 Å². The van der Waals surface area contributed by atoms with E-state index < -0.39 is 12.1 Å². The molecule has 34 heavy (non-hydrogen) atoms. The van der Waals surface area contributed by atoms with E-state index in [2.05, 4.69) is 0 Å². The summed E-state index contributed by atoms with van der Waals surface area (Å²) < 4.78 is 27.3. The summed E-state index contributed by atoms with van der Waals surface area (Å²) in [7, 11) is 6.09. The van der Waals surface area contributed by atoms with Crippen LogP contribution in [0.5, 0.6) is 23.0 Å². The summed E-state index contributed by atoms with van der Waals surface area (Å²) in [6.45, 7) is 0. The van der Waals surface area contributed by atoms with Gasteiger partial charge in [-0.05, 0) is 60.4 Å². The third-order valence-electron chi connectivity index (χ3n) is 5.35. The van der Waals surface area contributed by atoms with Crippen molar-refractivity contribution in [2.45, 2.75) is 18.9 Å². The molecule has 1 unspecified atom stereocenters. The number of methoxy groups -OCH3 is 4. The Morgan fingerprint density at radius 1 is 0.765 bits per heavy atom. The molecule has 0 N–H and O–H groups in total. The van der Waals surface area contributed by atoms with Crippen molar-refractivity contribution in [3.63, 3.8) is 0 Å². The lowest BCUT2D eigenvalue weighted by atomic mass is 10.0. The number of aryl methyl sites for hydroxylation is 1. The smallest absolute Gasteiger partial charge is 0.338 e. The molecule has 0 fully saturated rings. The standard InChI is InChI=1S/C27H28O7/c1-30-23-12-8-11-20(17-21(23)28)22(34-27(29)19-9-6-5-7-10-19)14-13-18-15-24(31-2)26(33-4)25(16-18)32-3/h5-12,15-17,22H,13-14H2,1-4H3. The van der Waals surface area contributed by atoms with Crippen LogP contribution in [-0.4, -0.2) is 34.4 Å². The molecule has 0 bridgehead atoms. The van der Waals surface area contributed by atoms with Gasteiger partial charge in [0.05, 0.1) is 34.0 Å². The van der Waals surface area contributed by atoms with Crippen LogP contribution in [-0.2, 0) is 11.2 Å². The first-order valence-electron chi connectivity index (χ1n) is 10.7. The molecule has 1 atom stereocenters. The van der Waals surface area contributed by atoms with Gasteiger partial charge in [0.2, 0.25) is 11.2 Å². The summed E-state index contributed by atoms with van der Waals surface area (Å²) in [5.41, 5.74) is 1.61. The highest BCUT2D eigenvalue weighted by Crippen LogP contribution is 2.39. The van der Waals surface area contributed by atoms with Crippen molar-refractivity contribution < 1.29 is 28.5 Å². The quantitative estimate of drug-likeness (QED) is 0.405. The van der Waals surface area contributed by atoms with Gasteiger partial charge in [0.15, 0.2) is 17.2 Å². The van der Waals surface area contributed by atoms with Crippen molar-refractivity contribution in [1.29, 1.82) is 0 Å². The fourth-order valence-electron chi connectivity index (χ4n) is 3.61. The van der Waals surface area contributed by atoms with Gasteiger partial charge >= 0.3 is 5.97 Å². The fourth-order valence-corrected chi connectivity index (χ4v) is 3.61. The Morgan fingerprint density at radius 2 is 1.41 bits per heavy atom. The lowest BCUT2D eigenvalue weighted by molar-refractivity contribution is 0.0277. The van der Waals surface area contributed by atoms with E-state index in [4.69, 9.17) is 23.7 Å². The minimum absolute atomic E-state index is 0.212. The van der Waals surface area contributed by atoms with Gasteiger partial charge in [0, 0.05) is 0 Å². The van der Waals surface area contributed by atoms with Gasteiger partial charge in [-0.3, -0.25) is 4.79 Å². The van der Waals surface area contributed by atoms with Crippen molar-refractivity contribution in [3.8, 4) is 23.0 Å². The highest BCUT2D eigenvalue weighted by atomic mass is 16.5. The van der Waals surface area contributed by atoms with Crippen LogP contribution in [0.25, 0.3) is 0 Å². The Bertz CT molecular complexity index is 1150. The minimum Gasteiger partial charge on any atom is -0.493 e. The van der Waals surface area contributed by atoms with Crippen LogP contribution < -0.4 is 24.4 Å². The second kappa shape index (κ2) is 11.7. The van der Waals surface area contributed by atoms with Crippen molar-refractivity contribution in [2.75, 3.05) is 28.4 Å². The average Bonchev–Trinajstić information content (AvgIpc) is 3.06. The maximum Gasteiger partial charge on any atom is 0.338 e. The maximum atomic E-state index is 12.8. The summed E-state index contributed by atoms with van der Waals surface area (Å²) in [4.78, 5) is 25.4. The average molecular weight is 465 g/mol. The zero-order valence-corrected chi connectivity index (χ0v) is 19.7. The van der Waals surface area contributed by atoms with Crippen LogP contribution >= 0.6 is 0 Å². The summed E-state index contributed by atoms with van der Waals surface area (Å²) >= 11 is 0. The zero-order chi connectivity index (χ0) is 24.5. The zero-order valence-electron chi connectivity index (χ0n) is 19.7. The van der Waals surface area contributed by atoms with Crippen molar-refractivity contribution in [3.05, 3.63) is 93.6 Å². The molecule has 0 amide bonds. The van der Waals surface area contributed by atoms with Gasteiger partial charge in [-0.15, -0.1) is 0 Å². The minimum atomic E-state index is -0.670. The molecule has 3 aromatic rings. The molecule has 3 aromatic carbocycles. The number of benzene rings is 2. The number of carbonyl (C=O) groups excluding carboxylic acids is 1. The van der Waals surface area contributed by atoms with Gasteiger partial charge < -0.3 is 23.7 Å². The van der Waals surface area contributed by atoms with Crippen molar-refractivity contribution >= 4 is 5.97 Å². The third-order valence-corrected chi connectivity index (χ3v) is 5.35. The van der Waals surface area contributed by atoms with Crippen molar-refractivity contribution in [2.24, 2.45) is 0 Å². The van der Waals surface area contributed by atoms with E-state index in [1.807, 2.05) is 18.2 Å². The van der Waals surface area contributed by atoms with E-state index in [9.17, 15) is 9.59 Å². The second-order valence-corrected chi connectivity index (χ2v) is 7.43. The third kappa shape index (κ3) is 5.86. The van der Waals surface area contributed by atoms with E-state index in [-0.39, 0.29) is 11.2 Å². The SMILES string of the molecule is COc1cc(CCC(OC(=O)c2ccccc2)c2cccc(OC)c(=O)c2)cc(OC)c1OC. The molecule has 7 nitrogen and oxygen atoms in total. The molecule has 0 radical (unpaired) electrons. The fraction of sp³-hybridized carbons (Fsp3) is 0.259.